The Morgan fingerprint density at radius 2 is 1.69 bits per heavy atom. The zero-order valence-electron chi connectivity index (χ0n) is 23.6. The molecule has 2 unspecified atom stereocenters. The number of likely N-dealkylation sites (N-methyl/N-ethyl adjacent to an activating group) is 1. The third-order valence-corrected chi connectivity index (χ3v) is 8.76. The Kier molecular flexibility index (Phi) is 8.23. The van der Waals surface area contributed by atoms with Gasteiger partial charge in [0.1, 0.15) is 11.6 Å². The van der Waals surface area contributed by atoms with Crippen molar-refractivity contribution < 1.29 is 24.2 Å². The highest BCUT2D eigenvalue weighted by Crippen LogP contribution is 2.63. The second-order valence-electron chi connectivity index (χ2n) is 10.9. The first kappa shape index (κ1) is 28.8. The van der Waals surface area contributed by atoms with Crippen molar-refractivity contribution >= 4 is 29.1 Å². The molecule has 9 heteroatoms. The van der Waals surface area contributed by atoms with Crippen LogP contribution in [0.2, 0.25) is 0 Å². The third-order valence-electron chi connectivity index (χ3n) is 8.76. The summed E-state index contributed by atoms with van der Waals surface area (Å²) in [6.45, 7) is 15.7. The molecule has 1 N–H and O–H groups in total. The largest absolute Gasteiger partial charge is 0.395 e. The number of rotatable bonds is 12. The van der Waals surface area contributed by atoms with Crippen LogP contribution in [0, 0.1) is 11.8 Å². The zero-order chi connectivity index (χ0) is 28.5. The number of aliphatic hydroxyl groups is 1. The van der Waals surface area contributed by atoms with Crippen LogP contribution in [0.15, 0.2) is 49.6 Å². The molecule has 5 atom stereocenters. The Balaban J connectivity index is 1.74. The molecule has 0 saturated carbocycles. The summed E-state index contributed by atoms with van der Waals surface area (Å²) in [6, 6.07) is 6.82. The van der Waals surface area contributed by atoms with Crippen LogP contribution in [-0.4, -0.2) is 96.3 Å². The summed E-state index contributed by atoms with van der Waals surface area (Å²) in [6.07, 6.45) is 4.34. The molecule has 39 heavy (non-hydrogen) atoms. The number of carbonyl (C=O) groups excluding carboxylic acids is 3. The second-order valence-corrected chi connectivity index (χ2v) is 10.9. The van der Waals surface area contributed by atoms with Crippen LogP contribution >= 0.6 is 0 Å². The lowest BCUT2D eigenvalue weighted by Gasteiger charge is -2.36. The van der Waals surface area contributed by atoms with Gasteiger partial charge in [0.2, 0.25) is 11.8 Å². The van der Waals surface area contributed by atoms with Crippen LogP contribution in [0.25, 0.3) is 0 Å². The fourth-order valence-electron chi connectivity index (χ4n) is 6.98. The standard InChI is InChI=1S/C30H42N4O5/c1-7-17-31(6)26(36)23-24-27(37)34(19-20-35)25(30(24)16-15-29(23,5)39-30)28(38)33(18-8-2)22-13-11-21(12-14-22)32(9-3)10-4/h7-8,11-14,23-25,35H,1-2,9-10,15-20H2,3-6H3/t23-,24-,25?,29+,30?/m0/s1. The average Bonchev–Trinajstić information content (AvgIpc) is 3.49. The lowest BCUT2D eigenvalue weighted by atomic mass is 9.66. The lowest BCUT2D eigenvalue weighted by molar-refractivity contribution is -0.149. The molecule has 1 aromatic rings. The molecule has 3 aliphatic heterocycles. The second kappa shape index (κ2) is 11.1. The smallest absolute Gasteiger partial charge is 0.253 e. The van der Waals surface area contributed by atoms with Crippen LogP contribution < -0.4 is 9.80 Å². The van der Waals surface area contributed by atoms with Gasteiger partial charge in [-0.15, -0.1) is 13.2 Å². The molecule has 3 fully saturated rings. The van der Waals surface area contributed by atoms with E-state index in [0.717, 1.165) is 18.8 Å². The fourth-order valence-corrected chi connectivity index (χ4v) is 6.98. The number of hydrogen-bond donors (Lipinski definition) is 1. The Hall–Kier alpha value is -3.17. The molecule has 0 aromatic heterocycles. The number of β-amino-alcohol motifs (C(OH)–C–C–N with tert-alkyl or cyclic N) is 1. The Labute approximate surface area is 231 Å². The molecule has 3 heterocycles. The van der Waals surface area contributed by atoms with E-state index in [4.69, 9.17) is 4.74 Å². The predicted molar refractivity (Wildman–Crippen MR) is 151 cm³/mol. The van der Waals surface area contributed by atoms with Crippen molar-refractivity contribution in [2.24, 2.45) is 11.8 Å². The Bertz CT molecular complexity index is 1120. The summed E-state index contributed by atoms with van der Waals surface area (Å²) in [5.74, 6) is -2.32. The summed E-state index contributed by atoms with van der Waals surface area (Å²) in [7, 11) is 1.69. The van der Waals surface area contributed by atoms with Gasteiger partial charge >= 0.3 is 0 Å². The molecule has 9 nitrogen and oxygen atoms in total. The number of benzene rings is 1. The number of carbonyl (C=O) groups is 3. The number of aliphatic hydroxyl groups excluding tert-OH is 1. The van der Waals surface area contributed by atoms with Crippen molar-refractivity contribution in [2.75, 3.05) is 56.2 Å². The van der Waals surface area contributed by atoms with E-state index in [1.54, 1.807) is 29.0 Å². The molecular weight excluding hydrogens is 496 g/mol. The van der Waals surface area contributed by atoms with E-state index in [1.807, 2.05) is 31.2 Å². The maximum absolute atomic E-state index is 14.4. The number of hydrogen-bond acceptors (Lipinski definition) is 6. The van der Waals surface area contributed by atoms with Gasteiger partial charge in [-0.1, -0.05) is 12.2 Å². The fraction of sp³-hybridized carbons (Fsp3) is 0.567. The molecule has 4 rings (SSSR count). The first-order valence-corrected chi connectivity index (χ1v) is 13.9. The van der Waals surface area contributed by atoms with E-state index in [1.165, 1.54) is 4.90 Å². The van der Waals surface area contributed by atoms with E-state index >= 15 is 0 Å². The summed E-state index contributed by atoms with van der Waals surface area (Å²) in [4.78, 5) is 48.9. The number of nitrogens with zero attached hydrogens (tertiary/aromatic N) is 4. The van der Waals surface area contributed by atoms with E-state index in [0.29, 0.717) is 25.1 Å². The highest BCUT2D eigenvalue weighted by atomic mass is 16.5. The SMILES string of the molecule is C=CCN(C)C(=O)[C@@H]1[C@H]2C(=O)N(CCO)C(C(=O)N(CC=C)c3ccc(N(CC)CC)cc3)C23CC[C@@]1(C)O3. The summed E-state index contributed by atoms with van der Waals surface area (Å²) in [5, 5.41) is 9.88. The van der Waals surface area contributed by atoms with Crippen LogP contribution in [0.5, 0.6) is 0 Å². The van der Waals surface area contributed by atoms with Gasteiger partial charge in [0.15, 0.2) is 0 Å². The van der Waals surface area contributed by atoms with Crippen molar-refractivity contribution in [3.05, 3.63) is 49.6 Å². The van der Waals surface area contributed by atoms with E-state index in [-0.39, 0.29) is 37.4 Å². The van der Waals surface area contributed by atoms with Gasteiger partial charge in [-0.25, -0.2) is 0 Å². The minimum atomic E-state index is -1.14. The number of amides is 3. The van der Waals surface area contributed by atoms with Crippen molar-refractivity contribution in [3.63, 3.8) is 0 Å². The Morgan fingerprint density at radius 1 is 1.08 bits per heavy atom. The highest BCUT2D eigenvalue weighted by molar-refractivity contribution is 6.05. The van der Waals surface area contributed by atoms with Gasteiger partial charge in [0.25, 0.3) is 5.91 Å². The molecule has 0 radical (unpaired) electrons. The van der Waals surface area contributed by atoms with Gasteiger partial charge in [0.05, 0.1) is 24.0 Å². The number of ether oxygens (including phenoxy) is 1. The van der Waals surface area contributed by atoms with Gasteiger partial charge in [0, 0.05) is 51.1 Å². The van der Waals surface area contributed by atoms with Gasteiger partial charge in [-0.05, 0) is 57.9 Å². The maximum atomic E-state index is 14.4. The van der Waals surface area contributed by atoms with Crippen LogP contribution in [0.3, 0.4) is 0 Å². The van der Waals surface area contributed by atoms with E-state index in [9.17, 15) is 19.5 Å². The summed E-state index contributed by atoms with van der Waals surface area (Å²) >= 11 is 0. The molecule has 3 amide bonds. The molecule has 1 spiro atoms. The maximum Gasteiger partial charge on any atom is 0.253 e. The first-order valence-electron chi connectivity index (χ1n) is 13.9. The minimum absolute atomic E-state index is 0.0141. The van der Waals surface area contributed by atoms with E-state index < -0.39 is 29.1 Å². The molecule has 1 aromatic carbocycles. The Morgan fingerprint density at radius 3 is 2.26 bits per heavy atom. The quantitative estimate of drug-likeness (QED) is 0.411. The van der Waals surface area contributed by atoms with Gasteiger partial charge < -0.3 is 29.4 Å². The predicted octanol–water partition coefficient (Wildman–Crippen LogP) is 2.45. The average molecular weight is 539 g/mol. The van der Waals surface area contributed by atoms with Gasteiger partial charge in [-0.3, -0.25) is 14.4 Å². The molecular formula is C30H42N4O5. The van der Waals surface area contributed by atoms with Crippen molar-refractivity contribution in [2.45, 2.75) is 50.9 Å². The van der Waals surface area contributed by atoms with Crippen LogP contribution in [0.4, 0.5) is 11.4 Å². The molecule has 2 bridgehead atoms. The molecule has 3 saturated heterocycles. The number of likely N-dealkylation sites (tertiary alicyclic amines) is 1. The minimum Gasteiger partial charge on any atom is -0.395 e. The summed E-state index contributed by atoms with van der Waals surface area (Å²) in [5.41, 5.74) is -0.259. The monoisotopic (exact) mass is 538 g/mol. The topological polar surface area (TPSA) is 93.6 Å². The lowest BCUT2D eigenvalue weighted by Crippen LogP contribution is -2.57. The van der Waals surface area contributed by atoms with Crippen molar-refractivity contribution in [3.8, 4) is 0 Å². The van der Waals surface area contributed by atoms with Crippen molar-refractivity contribution in [1.82, 2.24) is 9.80 Å². The number of fused-ring (bicyclic) bond motifs is 1. The van der Waals surface area contributed by atoms with Crippen molar-refractivity contribution in [1.29, 1.82) is 0 Å². The molecule has 0 aliphatic carbocycles. The third kappa shape index (κ3) is 4.55. The molecule has 3 aliphatic rings. The summed E-state index contributed by atoms with van der Waals surface area (Å²) < 4.78 is 6.66. The van der Waals surface area contributed by atoms with Crippen LogP contribution in [-0.2, 0) is 19.1 Å². The molecule has 212 valence electrons. The number of anilines is 2. The van der Waals surface area contributed by atoms with Crippen LogP contribution in [0.1, 0.15) is 33.6 Å². The first-order chi connectivity index (χ1) is 18.6. The normalized spacial score (nSPS) is 28.8. The highest BCUT2D eigenvalue weighted by Gasteiger charge is 2.78. The van der Waals surface area contributed by atoms with Gasteiger partial charge in [-0.2, -0.15) is 0 Å². The zero-order valence-corrected chi connectivity index (χ0v) is 23.6. The van der Waals surface area contributed by atoms with E-state index in [2.05, 4.69) is 31.9 Å².